The Morgan fingerprint density at radius 1 is 1.17 bits per heavy atom. The van der Waals surface area contributed by atoms with E-state index in [2.05, 4.69) is 4.99 Å². The molecule has 0 aliphatic carbocycles. The molecule has 1 heterocycles. The van der Waals surface area contributed by atoms with Crippen LogP contribution >= 0.6 is 34.5 Å². The molecular formula is C20H18Cl2N2O4S. The van der Waals surface area contributed by atoms with E-state index in [1.165, 1.54) is 17.4 Å². The number of halogens is 2. The molecule has 0 bridgehead atoms. The minimum atomic E-state index is -0.503. The molecule has 6 nitrogen and oxygen atoms in total. The van der Waals surface area contributed by atoms with Crippen molar-refractivity contribution in [3.05, 3.63) is 56.8 Å². The van der Waals surface area contributed by atoms with Gasteiger partial charge < -0.3 is 14.0 Å². The van der Waals surface area contributed by atoms with E-state index in [0.717, 1.165) is 15.8 Å². The van der Waals surface area contributed by atoms with Crippen molar-refractivity contribution < 1.29 is 19.1 Å². The largest absolute Gasteiger partial charge is 0.482 e. The van der Waals surface area contributed by atoms with Crippen molar-refractivity contribution >= 4 is 56.6 Å². The zero-order valence-electron chi connectivity index (χ0n) is 15.8. The molecule has 0 aliphatic rings. The second kappa shape index (κ2) is 9.43. The molecule has 152 valence electrons. The van der Waals surface area contributed by atoms with E-state index in [0.29, 0.717) is 20.6 Å². The molecule has 0 unspecified atom stereocenters. The van der Waals surface area contributed by atoms with E-state index < -0.39 is 11.9 Å². The summed E-state index contributed by atoms with van der Waals surface area (Å²) in [7, 11) is 0. The first kappa shape index (κ1) is 21.4. The van der Waals surface area contributed by atoms with Gasteiger partial charge in [-0.05, 0) is 49.7 Å². The van der Waals surface area contributed by atoms with Gasteiger partial charge in [0, 0.05) is 5.02 Å². The van der Waals surface area contributed by atoms with E-state index in [4.69, 9.17) is 32.7 Å². The van der Waals surface area contributed by atoms with Crippen LogP contribution < -0.4 is 9.54 Å². The summed E-state index contributed by atoms with van der Waals surface area (Å²) in [4.78, 5) is 28.9. The van der Waals surface area contributed by atoms with Crippen LogP contribution in [-0.4, -0.2) is 29.7 Å². The molecule has 0 N–H and O–H groups in total. The fourth-order valence-electron chi connectivity index (χ4n) is 2.62. The third-order valence-corrected chi connectivity index (χ3v) is 5.47. The average Bonchev–Trinajstić information content (AvgIpc) is 2.97. The molecule has 2 aromatic carbocycles. The first-order chi connectivity index (χ1) is 13.9. The molecule has 0 spiro atoms. The maximum absolute atomic E-state index is 12.4. The van der Waals surface area contributed by atoms with Gasteiger partial charge in [0.15, 0.2) is 11.4 Å². The number of aryl methyl sites for hydroxylation is 1. The summed E-state index contributed by atoms with van der Waals surface area (Å²) in [5, 5.41) is 0.777. The number of rotatable bonds is 6. The lowest BCUT2D eigenvalue weighted by atomic mass is 10.2. The molecule has 0 saturated carbocycles. The third kappa shape index (κ3) is 5.38. The predicted molar refractivity (Wildman–Crippen MR) is 114 cm³/mol. The fourth-order valence-corrected chi connectivity index (χ4v) is 4.23. The van der Waals surface area contributed by atoms with E-state index in [-0.39, 0.29) is 19.8 Å². The molecule has 1 aromatic heterocycles. The standard InChI is InChI=1S/C20H18Cl2N2O4S/c1-3-27-19(26)10-24-15-6-4-12(2)8-17(15)29-20(24)23-18(25)11-28-16-7-5-13(21)9-14(16)22/h4-9H,3,10-11H2,1-2H3. The number of carbonyl (C=O) groups is 2. The molecule has 0 fully saturated rings. The van der Waals surface area contributed by atoms with Gasteiger partial charge in [0.05, 0.1) is 21.8 Å². The number of amides is 1. The maximum atomic E-state index is 12.4. The summed E-state index contributed by atoms with van der Waals surface area (Å²) in [6, 6.07) is 10.5. The summed E-state index contributed by atoms with van der Waals surface area (Å²) < 4.78 is 13.1. The van der Waals surface area contributed by atoms with Crippen molar-refractivity contribution in [2.24, 2.45) is 4.99 Å². The van der Waals surface area contributed by atoms with Gasteiger partial charge in [0.2, 0.25) is 0 Å². The second-order valence-electron chi connectivity index (χ2n) is 6.12. The van der Waals surface area contributed by atoms with E-state index in [1.54, 1.807) is 23.6 Å². The van der Waals surface area contributed by atoms with Crippen LogP contribution in [0.4, 0.5) is 0 Å². The molecule has 3 rings (SSSR count). The average molecular weight is 453 g/mol. The Morgan fingerprint density at radius 3 is 2.69 bits per heavy atom. The Labute approximate surface area is 181 Å². The Morgan fingerprint density at radius 2 is 1.97 bits per heavy atom. The Balaban J connectivity index is 1.89. The minimum absolute atomic E-state index is 0.0348. The Bertz CT molecular complexity index is 1140. The molecule has 29 heavy (non-hydrogen) atoms. The lowest BCUT2D eigenvalue weighted by Gasteiger charge is -2.06. The zero-order chi connectivity index (χ0) is 21.0. The minimum Gasteiger partial charge on any atom is -0.482 e. The molecule has 9 heteroatoms. The third-order valence-electron chi connectivity index (χ3n) is 3.90. The normalized spacial score (nSPS) is 11.7. The van der Waals surface area contributed by atoms with Crippen molar-refractivity contribution in [1.82, 2.24) is 4.57 Å². The summed E-state index contributed by atoms with van der Waals surface area (Å²) >= 11 is 13.2. The first-order valence-corrected chi connectivity index (χ1v) is 10.4. The highest BCUT2D eigenvalue weighted by atomic mass is 35.5. The highest BCUT2D eigenvalue weighted by Gasteiger charge is 2.13. The summed E-state index contributed by atoms with van der Waals surface area (Å²) in [5.41, 5.74) is 1.88. The molecule has 0 saturated heterocycles. The monoisotopic (exact) mass is 452 g/mol. The van der Waals surface area contributed by atoms with Crippen LogP contribution in [0.3, 0.4) is 0 Å². The SMILES string of the molecule is CCOC(=O)Cn1c(=NC(=O)COc2ccc(Cl)cc2Cl)sc2cc(C)ccc21. The van der Waals surface area contributed by atoms with Crippen molar-refractivity contribution in [2.75, 3.05) is 13.2 Å². The number of esters is 1. The van der Waals surface area contributed by atoms with Crippen LogP contribution in [0.5, 0.6) is 5.75 Å². The number of benzene rings is 2. The molecule has 0 radical (unpaired) electrons. The number of nitrogens with zero attached hydrogens (tertiary/aromatic N) is 2. The van der Waals surface area contributed by atoms with Gasteiger partial charge in [-0.1, -0.05) is 40.6 Å². The number of thiazole rings is 1. The van der Waals surface area contributed by atoms with Crippen LogP contribution in [0.2, 0.25) is 10.0 Å². The van der Waals surface area contributed by atoms with Crippen LogP contribution in [0.1, 0.15) is 12.5 Å². The van der Waals surface area contributed by atoms with Gasteiger partial charge in [0.1, 0.15) is 12.3 Å². The number of ether oxygens (including phenoxy) is 2. The molecule has 3 aromatic rings. The highest BCUT2D eigenvalue weighted by Crippen LogP contribution is 2.27. The zero-order valence-corrected chi connectivity index (χ0v) is 18.1. The van der Waals surface area contributed by atoms with Crippen molar-refractivity contribution in [3.8, 4) is 5.75 Å². The van der Waals surface area contributed by atoms with Gasteiger partial charge in [-0.15, -0.1) is 0 Å². The topological polar surface area (TPSA) is 69.9 Å². The number of carbonyl (C=O) groups excluding carboxylic acids is 2. The van der Waals surface area contributed by atoms with Gasteiger partial charge in [-0.25, -0.2) is 0 Å². The number of hydrogen-bond acceptors (Lipinski definition) is 5. The summed E-state index contributed by atoms with van der Waals surface area (Å²) in [5.74, 6) is -0.561. The van der Waals surface area contributed by atoms with Gasteiger partial charge in [-0.2, -0.15) is 4.99 Å². The summed E-state index contributed by atoms with van der Waals surface area (Å²) in [6.07, 6.45) is 0. The summed E-state index contributed by atoms with van der Waals surface area (Å²) in [6.45, 7) is 3.66. The predicted octanol–water partition coefficient (Wildman–Crippen LogP) is 4.39. The quantitative estimate of drug-likeness (QED) is 0.520. The lowest BCUT2D eigenvalue weighted by molar-refractivity contribution is -0.143. The fraction of sp³-hybridized carbons (Fsp3) is 0.250. The molecule has 1 amide bonds. The van der Waals surface area contributed by atoms with Crippen LogP contribution in [0.15, 0.2) is 41.4 Å². The highest BCUT2D eigenvalue weighted by molar-refractivity contribution is 7.16. The van der Waals surface area contributed by atoms with E-state index in [1.807, 2.05) is 25.1 Å². The van der Waals surface area contributed by atoms with E-state index >= 15 is 0 Å². The first-order valence-electron chi connectivity index (χ1n) is 8.78. The Kier molecular flexibility index (Phi) is 6.95. The van der Waals surface area contributed by atoms with Crippen molar-refractivity contribution in [3.63, 3.8) is 0 Å². The number of fused-ring (bicyclic) bond motifs is 1. The van der Waals surface area contributed by atoms with Gasteiger partial charge in [-0.3, -0.25) is 9.59 Å². The van der Waals surface area contributed by atoms with Crippen molar-refractivity contribution in [2.45, 2.75) is 20.4 Å². The number of hydrogen-bond donors (Lipinski definition) is 0. The van der Waals surface area contributed by atoms with Crippen molar-refractivity contribution in [1.29, 1.82) is 0 Å². The molecular weight excluding hydrogens is 435 g/mol. The molecule has 0 atom stereocenters. The van der Waals surface area contributed by atoms with Gasteiger partial charge >= 0.3 is 5.97 Å². The number of aromatic nitrogens is 1. The lowest BCUT2D eigenvalue weighted by Crippen LogP contribution is -2.24. The maximum Gasteiger partial charge on any atom is 0.326 e. The van der Waals surface area contributed by atoms with Crippen LogP contribution in [0, 0.1) is 6.92 Å². The van der Waals surface area contributed by atoms with E-state index in [9.17, 15) is 9.59 Å². The smallest absolute Gasteiger partial charge is 0.326 e. The van der Waals surface area contributed by atoms with Crippen LogP contribution in [0.25, 0.3) is 10.2 Å². The second-order valence-corrected chi connectivity index (χ2v) is 7.97. The Hall–Kier alpha value is -2.35. The van der Waals surface area contributed by atoms with Crippen LogP contribution in [-0.2, 0) is 20.9 Å². The van der Waals surface area contributed by atoms with Gasteiger partial charge in [0.25, 0.3) is 5.91 Å². The molecule has 0 aliphatic heterocycles.